The summed E-state index contributed by atoms with van der Waals surface area (Å²) in [6.45, 7) is 1.95. The number of nitrogens with one attached hydrogen (secondary N) is 1. The van der Waals surface area contributed by atoms with Crippen LogP contribution in [-0.2, 0) is 0 Å². The van der Waals surface area contributed by atoms with E-state index in [0.29, 0.717) is 16.4 Å². The Bertz CT molecular complexity index is 377. The quantitative estimate of drug-likeness (QED) is 0.828. The van der Waals surface area contributed by atoms with Gasteiger partial charge in [0.15, 0.2) is 0 Å². The number of thiophene rings is 1. The maximum Gasteiger partial charge on any atom is 0.261 e. The molecule has 1 rings (SSSR count). The third-order valence-electron chi connectivity index (χ3n) is 2.12. The van der Waals surface area contributed by atoms with E-state index < -0.39 is 5.60 Å². The lowest BCUT2D eigenvalue weighted by atomic mass is 10.1. The highest BCUT2D eigenvalue weighted by Crippen LogP contribution is 2.21. The third kappa shape index (κ3) is 4.57. The fourth-order valence-corrected chi connectivity index (χ4v) is 2.76. The molecular weight excluding hydrogens is 258 g/mol. The number of methoxy groups -OCH3 is 1. The number of carbonyl (C=O) groups is 1. The average Bonchev–Trinajstić information content (AvgIpc) is 2.74. The minimum absolute atomic E-state index is 0.181. The van der Waals surface area contributed by atoms with Gasteiger partial charge >= 0.3 is 0 Å². The van der Waals surface area contributed by atoms with Gasteiger partial charge in [-0.05, 0) is 13.2 Å². The number of rotatable bonds is 6. The first-order chi connectivity index (χ1) is 7.98. The van der Waals surface area contributed by atoms with Crippen molar-refractivity contribution in [2.24, 2.45) is 0 Å². The Labute approximate surface area is 109 Å². The highest BCUT2D eigenvalue weighted by molar-refractivity contribution is 7.98. The van der Waals surface area contributed by atoms with Gasteiger partial charge in [-0.15, -0.1) is 11.3 Å². The smallest absolute Gasteiger partial charge is 0.261 e. The molecular formula is C11H17NO3S2. The number of carbonyl (C=O) groups excluding carboxylic acids is 1. The predicted molar refractivity (Wildman–Crippen MR) is 72.2 cm³/mol. The number of aliphatic hydroxyl groups is 1. The summed E-state index contributed by atoms with van der Waals surface area (Å²) in [4.78, 5) is 12.3. The van der Waals surface area contributed by atoms with E-state index in [1.807, 2.05) is 6.26 Å². The maximum absolute atomic E-state index is 11.8. The molecule has 0 aliphatic heterocycles. The zero-order valence-corrected chi connectivity index (χ0v) is 11.8. The lowest BCUT2D eigenvalue weighted by molar-refractivity contribution is 0.0727. The van der Waals surface area contributed by atoms with Crippen molar-refractivity contribution in [1.82, 2.24) is 5.32 Å². The first-order valence-corrected chi connectivity index (χ1v) is 7.38. The summed E-state index contributed by atoms with van der Waals surface area (Å²) in [6.07, 6.45) is 1.92. The van der Waals surface area contributed by atoms with Crippen molar-refractivity contribution in [3.05, 3.63) is 16.3 Å². The molecule has 1 aromatic heterocycles. The Kier molecular flexibility index (Phi) is 5.30. The molecule has 0 fully saturated rings. The SMILES string of the molecule is COc1csc(C(=O)NCC(C)(O)CSC)c1. The van der Waals surface area contributed by atoms with Crippen molar-refractivity contribution in [3.63, 3.8) is 0 Å². The van der Waals surface area contributed by atoms with Gasteiger partial charge in [0.25, 0.3) is 5.91 Å². The lowest BCUT2D eigenvalue weighted by Gasteiger charge is -2.22. The predicted octanol–water partition coefficient (Wildman–Crippen LogP) is 1.60. The Morgan fingerprint density at radius 1 is 1.71 bits per heavy atom. The Balaban J connectivity index is 2.49. The molecule has 1 heterocycles. The van der Waals surface area contributed by atoms with Gasteiger partial charge in [0.2, 0.25) is 0 Å². The monoisotopic (exact) mass is 275 g/mol. The van der Waals surface area contributed by atoms with Crippen LogP contribution < -0.4 is 10.1 Å². The van der Waals surface area contributed by atoms with Crippen molar-refractivity contribution in [3.8, 4) is 5.75 Å². The fraction of sp³-hybridized carbons (Fsp3) is 0.545. The zero-order valence-electron chi connectivity index (χ0n) is 10.1. The summed E-state index contributed by atoms with van der Waals surface area (Å²) in [5.41, 5.74) is -0.879. The standard InChI is InChI=1S/C11H17NO3S2/c1-11(14,7-16-3)6-12-10(13)9-4-8(15-2)5-17-9/h4-5,14H,6-7H2,1-3H3,(H,12,13). The molecule has 1 atom stereocenters. The Morgan fingerprint density at radius 3 is 2.94 bits per heavy atom. The molecule has 1 unspecified atom stereocenters. The van der Waals surface area contributed by atoms with Gasteiger partial charge in [-0.3, -0.25) is 4.79 Å². The molecule has 0 aliphatic carbocycles. The van der Waals surface area contributed by atoms with Gasteiger partial charge in [-0.1, -0.05) is 0 Å². The van der Waals surface area contributed by atoms with E-state index in [0.717, 1.165) is 0 Å². The van der Waals surface area contributed by atoms with Crippen LogP contribution in [0.3, 0.4) is 0 Å². The van der Waals surface area contributed by atoms with Gasteiger partial charge in [-0.2, -0.15) is 11.8 Å². The number of hydrogen-bond donors (Lipinski definition) is 2. The molecule has 4 nitrogen and oxygen atoms in total. The first kappa shape index (κ1) is 14.3. The largest absolute Gasteiger partial charge is 0.496 e. The van der Waals surface area contributed by atoms with Crippen molar-refractivity contribution < 1.29 is 14.6 Å². The van der Waals surface area contributed by atoms with Crippen molar-refractivity contribution in [1.29, 1.82) is 0 Å². The van der Waals surface area contributed by atoms with E-state index in [4.69, 9.17) is 4.74 Å². The van der Waals surface area contributed by atoms with Gasteiger partial charge in [0.05, 0.1) is 17.6 Å². The molecule has 0 aliphatic rings. The topological polar surface area (TPSA) is 58.6 Å². The number of ether oxygens (including phenoxy) is 1. The molecule has 0 spiro atoms. The summed E-state index contributed by atoms with van der Waals surface area (Å²) in [5.74, 6) is 1.08. The second-order valence-corrected chi connectivity index (χ2v) is 5.74. The minimum atomic E-state index is -0.879. The van der Waals surface area contributed by atoms with E-state index in [1.54, 1.807) is 37.2 Å². The molecule has 0 aromatic carbocycles. The Morgan fingerprint density at radius 2 is 2.41 bits per heavy atom. The van der Waals surface area contributed by atoms with E-state index in [9.17, 15) is 9.90 Å². The molecule has 96 valence electrons. The van der Waals surface area contributed by atoms with E-state index in [-0.39, 0.29) is 12.5 Å². The van der Waals surface area contributed by atoms with Crippen LogP contribution in [0.4, 0.5) is 0 Å². The molecule has 17 heavy (non-hydrogen) atoms. The average molecular weight is 275 g/mol. The fourth-order valence-electron chi connectivity index (χ4n) is 1.26. The van der Waals surface area contributed by atoms with Gasteiger partial charge < -0.3 is 15.2 Å². The second-order valence-electron chi connectivity index (χ2n) is 3.96. The van der Waals surface area contributed by atoms with Crippen LogP contribution in [0.5, 0.6) is 5.75 Å². The van der Waals surface area contributed by atoms with Crippen LogP contribution in [0, 0.1) is 0 Å². The first-order valence-electron chi connectivity index (χ1n) is 5.10. The Hall–Kier alpha value is -0.720. The van der Waals surface area contributed by atoms with Crippen LogP contribution in [0.1, 0.15) is 16.6 Å². The second kappa shape index (κ2) is 6.28. The molecule has 0 saturated heterocycles. The minimum Gasteiger partial charge on any atom is -0.496 e. The maximum atomic E-state index is 11.8. The molecule has 0 saturated carbocycles. The number of thioether (sulfide) groups is 1. The van der Waals surface area contributed by atoms with Gasteiger partial charge in [0, 0.05) is 23.7 Å². The summed E-state index contributed by atoms with van der Waals surface area (Å²) in [5, 5.41) is 14.4. The van der Waals surface area contributed by atoms with Crippen molar-refractivity contribution >= 4 is 29.0 Å². The van der Waals surface area contributed by atoms with E-state index >= 15 is 0 Å². The highest BCUT2D eigenvalue weighted by atomic mass is 32.2. The molecule has 2 N–H and O–H groups in total. The van der Waals surface area contributed by atoms with Gasteiger partial charge in [-0.25, -0.2) is 0 Å². The molecule has 0 radical (unpaired) electrons. The van der Waals surface area contributed by atoms with Crippen LogP contribution in [0.2, 0.25) is 0 Å². The van der Waals surface area contributed by atoms with Crippen LogP contribution in [0.25, 0.3) is 0 Å². The van der Waals surface area contributed by atoms with Gasteiger partial charge in [0.1, 0.15) is 5.75 Å². The number of hydrogen-bond acceptors (Lipinski definition) is 5. The molecule has 6 heteroatoms. The van der Waals surface area contributed by atoms with Crippen LogP contribution in [0.15, 0.2) is 11.4 Å². The summed E-state index contributed by atoms with van der Waals surface area (Å²) >= 11 is 2.87. The van der Waals surface area contributed by atoms with Crippen LogP contribution in [-0.4, -0.2) is 42.3 Å². The van der Waals surface area contributed by atoms with E-state index in [1.165, 1.54) is 11.3 Å². The van der Waals surface area contributed by atoms with E-state index in [2.05, 4.69) is 5.32 Å². The summed E-state index contributed by atoms with van der Waals surface area (Å²) < 4.78 is 5.01. The van der Waals surface area contributed by atoms with Crippen molar-refractivity contribution in [2.75, 3.05) is 25.7 Å². The normalized spacial score (nSPS) is 14.1. The zero-order chi connectivity index (χ0) is 12.9. The molecule has 1 amide bonds. The third-order valence-corrected chi connectivity index (χ3v) is 3.94. The summed E-state index contributed by atoms with van der Waals surface area (Å²) in [7, 11) is 1.56. The lowest BCUT2D eigenvalue weighted by Crippen LogP contribution is -2.42. The van der Waals surface area contributed by atoms with Crippen LogP contribution >= 0.6 is 23.1 Å². The molecule has 0 bridgehead atoms. The number of amides is 1. The summed E-state index contributed by atoms with van der Waals surface area (Å²) in [6, 6.07) is 1.68. The van der Waals surface area contributed by atoms with Crippen molar-refractivity contribution in [2.45, 2.75) is 12.5 Å². The highest BCUT2D eigenvalue weighted by Gasteiger charge is 2.21. The molecule has 1 aromatic rings.